The second-order valence-corrected chi connectivity index (χ2v) is 7.47. The predicted molar refractivity (Wildman–Crippen MR) is 78.3 cm³/mol. The molecule has 2 rings (SSSR count). The zero-order valence-corrected chi connectivity index (χ0v) is 13.1. The Bertz CT molecular complexity index is 382. The lowest BCUT2D eigenvalue weighted by molar-refractivity contribution is -0.145. The third kappa shape index (κ3) is 3.72. The van der Waals surface area contributed by atoms with E-state index in [1.807, 2.05) is 0 Å². The molecule has 114 valence electrons. The maximum absolute atomic E-state index is 12.1. The number of amides is 2. The standard InChI is InChI=1S/C15H27N3O2/c1-14(2)9-11(10-15(3,4)17-14)16-12(19)13(20)18-7-5-6-8-18/h11,17H,5-10H2,1-4H3,(H,16,19). The van der Waals surface area contributed by atoms with Crippen molar-refractivity contribution in [1.29, 1.82) is 0 Å². The maximum Gasteiger partial charge on any atom is 0.311 e. The van der Waals surface area contributed by atoms with Crippen molar-refractivity contribution in [1.82, 2.24) is 15.5 Å². The monoisotopic (exact) mass is 281 g/mol. The molecule has 2 aliphatic heterocycles. The van der Waals surface area contributed by atoms with E-state index in [9.17, 15) is 9.59 Å². The Balaban J connectivity index is 1.95. The van der Waals surface area contributed by atoms with Crippen LogP contribution in [-0.2, 0) is 9.59 Å². The quantitative estimate of drug-likeness (QED) is 0.706. The van der Waals surface area contributed by atoms with Gasteiger partial charge in [-0.05, 0) is 53.4 Å². The zero-order chi connectivity index (χ0) is 15.0. The summed E-state index contributed by atoms with van der Waals surface area (Å²) < 4.78 is 0. The summed E-state index contributed by atoms with van der Waals surface area (Å²) in [5.74, 6) is -0.804. The van der Waals surface area contributed by atoms with Crippen LogP contribution >= 0.6 is 0 Å². The molecule has 0 aromatic carbocycles. The molecule has 5 nitrogen and oxygen atoms in total. The molecule has 20 heavy (non-hydrogen) atoms. The fraction of sp³-hybridized carbons (Fsp3) is 0.867. The second kappa shape index (κ2) is 5.35. The van der Waals surface area contributed by atoms with E-state index in [0.717, 1.165) is 38.8 Å². The third-order valence-corrected chi connectivity index (χ3v) is 4.11. The van der Waals surface area contributed by atoms with Crippen LogP contribution in [0.25, 0.3) is 0 Å². The van der Waals surface area contributed by atoms with Crippen molar-refractivity contribution in [2.24, 2.45) is 0 Å². The third-order valence-electron chi connectivity index (χ3n) is 4.11. The maximum atomic E-state index is 12.1. The molecule has 0 atom stereocenters. The summed E-state index contributed by atoms with van der Waals surface area (Å²) in [6.07, 6.45) is 3.70. The minimum atomic E-state index is -0.439. The highest BCUT2D eigenvalue weighted by atomic mass is 16.2. The Morgan fingerprint density at radius 2 is 1.55 bits per heavy atom. The van der Waals surface area contributed by atoms with Crippen LogP contribution in [0.4, 0.5) is 0 Å². The molecule has 0 aromatic rings. The number of likely N-dealkylation sites (tertiary alicyclic amines) is 1. The number of nitrogens with one attached hydrogen (secondary N) is 2. The highest BCUT2D eigenvalue weighted by Crippen LogP contribution is 2.28. The molecule has 0 unspecified atom stereocenters. The van der Waals surface area contributed by atoms with E-state index in [0.29, 0.717) is 0 Å². The van der Waals surface area contributed by atoms with Crippen LogP contribution in [0.5, 0.6) is 0 Å². The van der Waals surface area contributed by atoms with E-state index in [2.05, 4.69) is 38.3 Å². The van der Waals surface area contributed by atoms with E-state index in [1.165, 1.54) is 0 Å². The average molecular weight is 281 g/mol. The summed E-state index contributed by atoms with van der Waals surface area (Å²) in [4.78, 5) is 25.8. The molecule has 0 aliphatic carbocycles. The van der Waals surface area contributed by atoms with Crippen LogP contribution in [0.1, 0.15) is 53.4 Å². The Morgan fingerprint density at radius 3 is 2.05 bits per heavy atom. The van der Waals surface area contributed by atoms with Gasteiger partial charge in [-0.25, -0.2) is 0 Å². The summed E-state index contributed by atoms with van der Waals surface area (Å²) in [5.41, 5.74) is -0.0627. The highest BCUT2D eigenvalue weighted by Gasteiger charge is 2.39. The molecule has 5 heteroatoms. The van der Waals surface area contributed by atoms with E-state index in [1.54, 1.807) is 4.90 Å². The normalized spacial score (nSPS) is 25.5. The fourth-order valence-electron chi connectivity index (χ4n) is 3.74. The van der Waals surface area contributed by atoms with Gasteiger partial charge >= 0.3 is 11.8 Å². The van der Waals surface area contributed by atoms with Gasteiger partial charge in [0.2, 0.25) is 0 Å². The number of hydrogen-bond donors (Lipinski definition) is 2. The van der Waals surface area contributed by atoms with Crippen LogP contribution in [0.15, 0.2) is 0 Å². The number of hydrogen-bond acceptors (Lipinski definition) is 3. The minimum absolute atomic E-state index is 0.0314. The van der Waals surface area contributed by atoms with Crippen LogP contribution in [0.2, 0.25) is 0 Å². The van der Waals surface area contributed by atoms with Crippen molar-refractivity contribution in [3.63, 3.8) is 0 Å². The minimum Gasteiger partial charge on any atom is -0.345 e. The molecule has 2 aliphatic rings. The molecule has 2 N–H and O–H groups in total. The zero-order valence-electron chi connectivity index (χ0n) is 13.1. The Morgan fingerprint density at radius 1 is 1.05 bits per heavy atom. The number of piperidine rings is 1. The van der Waals surface area contributed by atoms with Crippen molar-refractivity contribution in [3.05, 3.63) is 0 Å². The summed E-state index contributed by atoms with van der Waals surface area (Å²) >= 11 is 0. The molecule has 2 heterocycles. The average Bonchev–Trinajstić information content (AvgIpc) is 2.76. The van der Waals surface area contributed by atoms with Gasteiger partial charge in [-0.15, -0.1) is 0 Å². The summed E-state index contributed by atoms with van der Waals surface area (Å²) in [7, 11) is 0. The Hall–Kier alpha value is -1.10. The van der Waals surface area contributed by atoms with E-state index in [-0.39, 0.29) is 23.0 Å². The summed E-state index contributed by atoms with van der Waals surface area (Å²) in [5, 5.41) is 6.51. The molecule has 0 saturated carbocycles. The van der Waals surface area contributed by atoms with Gasteiger partial charge in [0.05, 0.1) is 0 Å². The second-order valence-electron chi connectivity index (χ2n) is 7.47. The van der Waals surface area contributed by atoms with Gasteiger partial charge < -0.3 is 15.5 Å². The lowest BCUT2D eigenvalue weighted by Gasteiger charge is -2.46. The Kier molecular flexibility index (Phi) is 4.09. The van der Waals surface area contributed by atoms with Crippen LogP contribution in [0, 0.1) is 0 Å². The van der Waals surface area contributed by atoms with Gasteiger partial charge in [0.1, 0.15) is 0 Å². The van der Waals surface area contributed by atoms with Gasteiger partial charge in [0.15, 0.2) is 0 Å². The predicted octanol–water partition coefficient (Wildman–Crippen LogP) is 1.03. The SMILES string of the molecule is CC1(C)CC(NC(=O)C(=O)N2CCCC2)CC(C)(C)N1. The molecule has 0 radical (unpaired) electrons. The van der Waals surface area contributed by atoms with Crippen molar-refractivity contribution in [2.75, 3.05) is 13.1 Å². The molecule has 0 spiro atoms. The van der Waals surface area contributed by atoms with E-state index < -0.39 is 5.91 Å². The van der Waals surface area contributed by atoms with E-state index >= 15 is 0 Å². The number of rotatable bonds is 1. The van der Waals surface area contributed by atoms with Gasteiger partial charge in [-0.3, -0.25) is 9.59 Å². The summed E-state index contributed by atoms with van der Waals surface area (Å²) in [6, 6.07) is 0.0558. The first-order valence-electron chi connectivity index (χ1n) is 7.58. The topological polar surface area (TPSA) is 61.4 Å². The smallest absolute Gasteiger partial charge is 0.311 e. The molecule has 2 fully saturated rings. The van der Waals surface area contributed by atoms with Crippen molar-refractivity contribution in [2.45, 2.75) is 70.5 Å². The summed E-state index contributed by atoms with van der Waals surface area (Å²) in [6.45, 7) is 9.97. The van der Waals surface area contributed by atoms with Crippen molar-refractivity contribution >= 4 is 11.8 Å². The lowest BCUT2D eigenvalue weighted by Crippen LogP contribution is -2.62. The molecule has 0 aromatic heterocycles. The first kappa shape index (κ1) is 15.3. The molecule has 0 bridgehead atoms. The number of carbonyl (C=O) groups excluding carboxylic acids is 2. The highest BCUT2D eigenvalue weighted by molar-refractivity contribution is 6.35. The Labute approximate surface area is 121 Å². The van der Waals surface area contributed by atoms with Gasteiger partial charge in [0, 0.05) is 30.2 Å². The van der Waals surface area contributed by atoms with Gasteiger partial charge in [-0.1, -0.05) is 0 Å². The largest absolute Gasteiger partial charge is 0.345 e. The molecule has 2 amide bonds. The first-order chi connectivity index (χ1) is 9.19. The molecule has 2 saturated heterocycles. The van der Waals surface area contributed by atoms with E-state index in [4.69, 9.17) is 0 Å². The molecular weight excluding hydrogens is 254 g/mol. The van der Waals surface area contributed by atoms with Crippen molar-refractivity contribution < 1.29 is 9.59 Å². The molecular formula is C15H27N3O2. The van der Waals surface area contributed by atoms with Crippen LogP contribution in [-0.4, -0.2) is 46.9 Å². The van der Waals surface area contributed by atoms with Crippen LogP contribution < -0.4 is 10.6 Å². The lowest BCUT2D eigenvalue weighted by atomic mass is 9.79. The van der Waals surface area contributed by atoms with Gasteiger partial charge in [-0.2, -0.15) is 0 Å². The first-order valence-corrected chi connectivity index (χ1v) is 7.58. The van der Waals surface area contributed by atoms with Gasteiger partial charge in [0.25, 0.3) is 0 Å². The fourth-order valence-corrected chi connectivity index (χ4v) is 3.74. The van der Waals surface area contributed by atoms with Crippen molar-refractivity contribution in [3.8, 4) is 0 Å². The number of nitrogens with zero attached hydrogens (tertiary/aromatic N) is 1. The number of carbonyl (C=O) groups is 2. The van der Waals surface area contributed by atoms with Crippen LogP contribution in [0.3, 0.4) is 0 Å².